The molecule has 0 aromatic heterocycles. The van der Waals surface area contributed by atoms with Gasteiger partial charge < -0.3 is 20.1 Å². The van der Waals surface area contributed by atoms with E-state index < -0.39 is 0 Å². The van der Waals surface area contributed by atoms with Crippen molar-refractivity contribution in [1.82, 2.24) is 0 Å². The monoisotopic (exact) mass is 372 g/mol. The van der Waals surface area contributed by atoms with Crippen LogP contribution in [0.25, 0.3) is 0 Å². The van der Waals surface area contributed by atoms with Gasteiger partial charge in [0.25, 0.3) is 0 Å². The van der Waals surface area contributed by atoms with Crippen molar-refractivity contribution < 1.29 is 9.47 Å². The number of benzene rings is 2. The Morgan fingerprint density at radius 3 is 1.39 bits per heavy atom. The van der Waals surface area contributed by atoms with E-state index in [9.17, 15) is 0 Å². The molecule has 0 heterocycles. The van der Waals surface area contributed by atoms with E-state index in [0.29, 0.717) is 13.2 Å². The number of ether oxygens (including phenoxy) is 2. The van der Waals surface area contributed by atoms with Gasteiger partial charge in [-0.3, -0.25) is 0 Å². The maximum absolute atomic E-state index is 5.96. The van der Waals surface area contributed by atoms with Crippen LogP contribution in [0.5, 0.6) is 11.5 Å². The molecule has 0 saturated heterocycles. The zero-order valence-corrected chi connectivity index (χ0v) is 15.6. The standard InChI is InChI=1S/C24H24N2O2/c1-2-10-19(9-1)25-21-13-5-7-15-23(21)27-17-18-28-24-16-8-6-14-22(24)26-20-11-3-4-12-20/h1-16,19-20,25-26H,17-18H2. The van der Waals surface area contributed by atoms with Crippen LogP contribution in [-0.2, 0) is 0 Å². The first-order valence-corrected chi connectivity index (χ1v) is 9.55. The van der Waals surface area contributed by atoms with E-state index >= 15 is 0 Å². The minimum atomic E-state index is 0.206. The first-order valence-electron chi connectivity index (χ1n) is 9.55. The second-order valence-electron chi connectivity index (χ2n) is 6.57. The van der Waals surface area contributed by atoms with Crippen molar-refractivity contribution in [2.45, 2.75) is 12.1 Å². The minimum Gasteiger partial charge on any atom is -0.488 e. The molecule has 0 fully saturated rings. The molecule has 2 aliphatic rings. The molecule has 28 heavy (non-hydrogen) atoms. The third kappa shape index (κ3) is 4.65. The summed E-state index contributed by atoms with van der Waals surface area (Å²) in [6, 6.07) is 16.4. The van der Waals surface area contributed by atoms with Crippen LogP contribution in [0.15, 0.2) is 97.1 Å². The highest BCUT2D eigenvalue weighted by molar-refractivity contribution is 5.59. The first kappa shape index (κ1) is 18.0. The maximum atomic E-state index is 5.96. The molecule has 142 valence electrons. The van der Waals surface area contributed by atoms with Gasteiger partial charge in [-0.2, -0.15) is 0 Å². The fourth-order valence-electron chi connectivity index (χ4n) is 3.14. The normalized spacial score (nSPS) is 15.3. The van der Waals surface area contributed by atoms with Gasteiger partial charge in [0.1, 0.15) is 24.7 Å². The molecule has 0 aliphatic heterocycles. The largest absolute Gasteiger partial charge is 0.488 e. The van der Waals surface area contributed by atoms with Crippen LogP contribution >= 0.6 is 0 Å². The van der Waals surface area contributed by atoms with Gasteiger partial charge in [-0.25, -0.2) is 0 Å². The average molecular weight is 372 g/mol. The Bertz CT molecular complexity index is 815. The third-order valence-electron chi connectivity index (χ3n) is 4.51. The second kappa shape index (κ2) is 9.00. The molecule has 0 bridgehead atoms. The molecule has 0 unspecified atom stereocenters. The lowest BCUT2D eigenvalue weighted by Crippen LogP contribution is -2.16. The smallest absolute Gasteiger partial charge is 0.142 e. The topological polar surface area (TPSA) is 42.5 Å². The van der Waals surface area contributed by atoms with Crippen LogP contribution < -0.4 is 20.1 Å². The van der Waals surface area contributed by atoms with Gasteiger partial charge in [-0.1, -0.05) is 72.9 Å². The molecular formula is C24H24N2O2. The molecule has 4 rings (SSSR count). The fraction of sp³-hybridized carbons (Fsp3) is 0.167. The van der Waals surface area contributed by atoms with Crippen molar-refractivity contribution in [3.05, 3.63) is 97.1 Å². The SMILES string of the molecule is C1=CC(Nc2ccccc2OCCOc2ccccc2NC2C=CC=C2)C=C1. The van der Waals surface area contributed by atoms with Gasteiger partial charge in [0.05, 0.1) is 23.5 Å². The summed E-state index contributed by atoms with van der Waals surface area (Å²) in [7, 11) is 0. The molecule has 0 spiro atoms. The summed E-state index contributed by atoms with van der Waals surface area (Å²) in [6.07, 6.45) is 16.6. The first-order chi connectivity index (χ1) is 13.9. The van der Waals surface area contributed by atoms with Crippen LogP contribution in [0.4, 0.5) is 11.4 Å². The predicted octanol–water partition coefficient (Wildman–Crippen LogP) is 4.96. The maximum Gasteiger partial charge on any atom is 0.142 e. The quantitative estimate of drug-likeness (QED) is 0.611. The van der Waals surface area contributed by atoms with Gasteiger partial charge in [0.15, 0.2) is 0 Å². The van der Waals surface area contributed by atoms with Crippen molar-refractivity contribution in [1.29, 1.82) is 0 Å². The van der Waals surface area contributed by atoms with Crippen molar-refractivity contribution in [2.24, 2.45) is 0 Å². The van der Waals surface area contributed by atoms with Crippen LogP contribution in [0.3, 0.4) is 0 Å². The lowest BCUT2D eigenvalue weighted by atomic mass is 10.2. The molecule has 0 saturated carbocycles. The molecule has 0 atom stereocenters. The molecule has 2 aliphatic carbocycles. The van der Waals surface area contributed by atoms with Gasteiger partial charge in [0.2, 0.25) is 0 Å². The predicted molar refractivity (Wildman–Crippen MR) is 115 cm³/mol. The Balaban J connectivity index is 1.31. The van der Waals surface area contributed by atoms with Crippen LogP contribution in [0.2, 0.25) is 0 Å². The van der Waals surface area contributed by atoms with Crippen molar-refractivity contribution in [3.63, 3.8) is 0 Å². The van der Waals surface area contributed by atoms with Crippen molar-refractivity contribution in [3.8, 4) is 11.5 Å². The molecule has 4 nitrogen and oxygen atoms in total. The van der Waals surface area contributed by atoms with Crippen molar-refractivity contribution in [2.75, 3.05) is 23.8 Å². The summed E-state index contributed by atoms with van der Waals surface area (Å²) in [5, 5.41) is 6.91. The van der Waals surface area contributed by atoms with E-state index in [4.69, 9.17) is 9.47 Å². The molecular weight excluding hydrogens is 348 g/mol. The molecule has 2 aromatic carbocycles. The number of allylic oxidation sites excluding steroid dienone is 4. The number of hydrogen-bond donors (Lipinski definition) is 2. The lowest BCUT2D eigenvalue weighted by molar-refractivity contribution is 0.218. The molecule has 4 heteroatoms. The Kier molecular flexibility index (Phi) is 5.78. The number of nitrogens with one attached hydrogen (secondary N) is 2. The van der Waals surface area contributed by atoms with Gasteiger partial charge >= 0.3 is 0 Å². The summed E-state index contributed by atoms with van der Waals surface area (Å²) in [6.45, 7) is 0.930. The van der Waals surface area contributed by atoms with Gasteiger partial charge in [0, 0.05) is 0 Å². The van der Waals surface area contributed by atoms with Crippen molar-refractivity contribution >= 4 is 11.4 Å². The average Bonchev–Trinajstić information content (AvgIpc) is 3.42. The number of para-hydroxylation sites is 4. The fourth-order valence-corrected chi connectivity index (χ4v) is 3.14. The highest BCUT2D eigenvalue weighted by Crippen LogP contribution is 2.27. The summed E-state index contributed by atoms with van der Waals surface area (Å²) >= 11 is 0. The Hall–Kier alpha value is -3.40. The van der Waals surface area contributed by atoms with E-state index in [1.54, 1.807) is 0 Å². The van der Waals surface area contributed by atoms with Gasteiger partial charge in [-0.15, -0.1) is 0 Å². The number of anilines is 2. The van der Waals surface area contributed by atoms with E-state index in [-0.39, 0.29) is 12.1 Å². The molecule has 0 radical (unpaired) electrons. The summed E-state index contributed by atoms with van der Waals surface area (Å²) < 4.78 is 11.9. The zero-order valence-electron chi connectivity index (χ0n) is 15.6. The Morgan fingerprint density at radius 2 is 0.964 bits per heavy atom. The van der Waals surface area contributed by atoms with E-state index in [2.05, 4.69) is 34.9 Å². The molecule has 2 aromatic rings. The minimum absolute atomic E-state index is 0.206. The highest BCUT2D eigenvalue weighted by Gasteiger charge is 2.10. The number of hydrogen-bond acceptors (Lipinski definition) is 4. The zero-order chi connectivity index (χ0) is 19.0. The molecule has 0 amide bonds. The summed E-state index contributed by atoms with van der Waals surface area (Å²) in [4.78, 5) is 0. The van der Waals surface area contributed by atoms with Gasteiger partial charge in [-0.05, 0) is 24.3 Å². The summed E-state index contributed by atoms with van der Waals surface area (Å²) in [5.41, 5.74) is 1.95. The highest BCUT2D eigenvalue weighted by atomic mass is 16.5. The van der Waals surface area contributed by atoms with E-state index in [1.165, 1.54) is 0 Å². The Labute approximate surface area is 165 Å². The molecule has 2 N–H and O–H groups in total. The Morgan fingerprint density at radius 1 is 0.571 bits per heavy atom. The second-order valence-corrected chi connectivity index (χ2v) is 6.57. The van der Waals surface area contributed by atoms with E-state index in [0.717, 1.165) is 22.9 Å². The number of rotatable bonds is 9. The van der Waals surface area contributed by atoms with E-state index in [1.807, 2.05) is 72.8 Å². The van der Waals surface area contributed by atoms with Crippen LogP contribution in [-0.4, -0.2) is 25.3 Å². The van der Waals surface area contributed by atoms with Crippen LogP contribution in [0.1, 0.15) is 0 Å². The summed E-state index contributed by atoms with van der Waals surface area (Å²) in [5.74, 6) is 1.65. The van der Waals surface area contributed by atoms with Crippen LogP contribution in [0, 0.1) is 0 Å². The third-order valence-corrected chi connectivity index (χ3v) is 4.51. The lowest BCUT2D eigenvalue weighted by Gasteiger charge is -2.17.